The zero-order valence-electron chi connectivity index (χ0n) is 20.6. The third kappa shape index (κ3) is 8.75. The summed E-state index contributed by atoms with van der Waals surface area (Å²) < 4.78 is 25.2. The van der Waals surface area contributed by atoms with Crippen LogP contribution in [0.2, 0.25) is 0 Å². The Bertz CT molecular complexity index is 799. The number of unbranched alkanes of at least 4 members (excludes halogenated alkanes) is 7. The predicted octanol–water partition coefficient (Wildman–Crippen LogP) is 9.15. The van der Waals surface area contributed by atoms with Gasteiger partial charge in [-0.15, -0.1) is 0 Å². The summed E-state index contributed by atoms with van der Waals surface area (Å²) in [5, 5.41) is 0. The molecule has 0 heterocycles. The third-order valence-electron chi connectivity index (χ3n) is 6.14. The number of rotatable bonds is 16. The van der Waals surface area contributed by atoms with Crippen LogP contribution in [0.15, 0.2) is 54.6 Å². The standard InChI is InChI=1S/C28H43O3P/c1-5-7-9-10-11-12-16-23-30-32(29,24-8-6-2)31-27-21-19-26(20-22-27)28(3,4)25-17-14-13-15-18-25/h13-15,17-22H,5-12,16,23-24H2,1-4H3. The van der Waals surface area contributed by atoms with Crippen LogP contribution >= 0.6 is 7.60 Å². The van der Waals surface area contributed by atoms with E-state index < -0.39 is 7.60 Å². The fourth-order valence-corrected chi connectivity index (χ4v) is 5.69. The van der Waals surface area contributed by atoms with Crippen molar-refractivity contribution in [3.05, 3.63) is 65.7 Å². The van der Waals surface area contributed by atoms with Gasteiger partial charge in [0.2, 0.25) is 0 Å². The van der Waals surface area contributed by atoms with Crippen LogP contribution < -0.4 is 4.52 Å². The minimum absolute atomic E-state index is 0.112. The highest BCUT2D eigenvalue weighted by Crippen LogP contribution is 2.49. The fourth-order valence-electron chi connectivity index (χ4n) is 3.87. The molecular formula is C28H43O3P. The molecule has 0 bridgehead atoms. The van der Waals surface area contributed by atoms with Crippen molar-refractivity contribution in [3.63, 3.8) is 0 Å². The number of hydrogen-bond acceptors (Lipinski definition) is 3. The van der Waals surface area contributed by atoms with E-state index in [-0.39, 0.29) is 5.41 Å². The summed E-state index contributed by atoms with van der Waals surface area (Å²) in [6, 6.07) is 18.5. The van der Waals surface area contributed by atoms with Gasteiger partial charge in [-0.2, -0.15) is 0 Å². The van der Waals surface area contributed by atoms with Crippen molar-refractivity contribution in [3.8, 4) is 5.75 Å². The van der Waals surface area contributed by atoms with Gasteiger partial charge in [0.15, 0.2) is 0 Å². The SMILES string of the molecule is CCCCCCCCCOP(=O)(CCCC)Oc1ccc(C(C)(C)c2ccccc2)cc1. The lowest BCUT2D eigenvalue weighted by molar-refractivity contribution is 0.257. The van der Waals surface area contributed by atoms with Gasteiger partial charge in [-0.3, -0.25) is 4.52 Å². The van der Waals surface area contributed by atoms with Crippen molar-refractivity contribution in [1.82, 2.24) is 0 Å². The van der Waals surface area contributed by atoms with Gasteiger partial charge in [-0.05, 0) is 36.1 Å². The van der Waals surface area contributed by atoms with Crippen LogP contribution in [0, 0.1) is 0 Å². The lowest BCUT2D eigenvalue weighted by Crippen LogP contribution is -2.18. The van der Waals surface area contributed by atoms with E-state index in [9.17, 15) is 4.57 Å². The Morgan fingerprint density at radius 2 is 1.28 bits per heavy atom. The molecule has 0 fully saturated rings. The lowest BCUT2D eigenvalue weighted by Gasteiger charge is -2.26. The highest BCUT2D eigenvalue weighted by molar-refractivity contribution is 7.54. The second-order valence-corrected chi connectivity index (χ2v) is 11.4. The zero-order chi connectivity index (χ0) is 23.3. The first-order valence-corrected chi connectivity index (χ1v) is 14.2. The molecule has 0 aliphatic heterocycles. The molecule has 1 unspecified atom stereocenters. The van der Waals surface area contributed by atoms with E-state index in [1.165, 1.54) is 43.2 Å². The summed E-state index contributed by atoms with van der Waals surface area (Å²) in [6.07, 6.45) is 10.8. The minimum atomic E-state index is -3.14. The lowest BCUT2D eigenvalue weighted by atomic mass is 9.78. The predicted molar refractivity (Wildman–Crippen MR) is 137 cm³/mol. The molecule has 0 aliphatic carbocycles. The topological polar surface area (TPSA) is 35.5 Å². The van der Waals surface area contributed by atoms with E-state index in [0.717, 1.165) is 25.7 Å². The average molecular weight is 459 g/mol. The summed E-state index contributed by atoms with van der Waals surface area (Å²) in [6.45, 7) is 9.28. The summed E-state index contributed by atoms with van der Waals surface area (Å²) in [7, 11) is -3.14. The molecular weight excluding hydrogens is 415 g/mol. The second-order valence-electron chi connectivity index (χ2n) is 9.25. The first-order valence-electron chi connectivity index (χ1n) is 12.5. The van der Waals surface area contributed by atoms with Gasteiger partial charge in [-0.25, -0.2) is 4.57 Å². The molecule has 0 saturated heterocycles. The molecule has 0 saturated carbocycles. The molecule has 4 heteroatoms. The Kier molecular flexibility index (Phi) is 11.6. The van der Waals surface area contributed by atoms with Crippen LogP contribution in [0.25, 0.3) is 0 Å². The normalized spacial score (nSPS) is 13.6. The van der Waals surface area contributed by atoms with Crippen molar-refractivity contribution < 1.29 is 13.6 Å². The first-order chi connectivity index (χ1) is 15.4. The smallest absolute Gasteiger partial charge is 0.379 e. The van der Waals surface area contributed by atoms with Crippen molar-refractivity contribution in [2.45, 2.75) is 90.9 Å². The van der Waals surface area contributed by atoms with Gasteiger partial charge in [-0.1, -0.05) is 115 Å². The zero-order valence-corrected chi connectivity index (χ0v) is 21.5. The molecule has 0 spiro atoms. The van der Waals surface area contributed by atoms with Crippen molar-refractivity contribution in [2.75, 3.05) is 12.8 Å². The maximum atomic E-state index is 13.4. The van der Waals surface area contributed by atoms with Crippen LogP contribution in [0.3, 0.4) is 0 Å². The molecule has 2 rings (SSSR count). The second kappa shape index (κ2) is 13.9. The Labute approximate surface area is 196 Å². The van der Waals surface area contributed by atoms with Crippen LogP contribution in [-0.2, 0) is 14.5 Å². The number of benzene rings is 2. The van der Waals surface area contributed by atoms with E-state index in [4.69, 9.17) is 9.05 Å². The molecule has 3 nitrogen and oxygen atoms in total. The number of hydrogen-bond donors (Lipinski definition) is 0. The van der Waals surface area contributed by atoms with E-state index in [1.807, 2.05) is 18.2 Å². The molecule has 0 aliphatic rings. The Morgan fingerprint density at radius 3 is 1.91 bits per heavy atom. The Balaban J connectivity index is 1.94. The quantitative estimate of drug-likeness (QED) is 0.186. The van der Waals surface area contributed by atoms with Gasteiger partial charge in [0.05, 0.1) is 12.8 Å². The van der Waals surface area contributed by atoms with Gasteiger partial charge in [0, 0.05) is 5.41 Å². The maximum absolute atomic E-state index is 13.4. The van der Waals surface area contributed by atoms with E-state index in [0.29, 0.717) is 18.5 Å². The van der Waals surface area contributed by atoms with Gasteiger partial charge >= 0.3 is 7.60 Å². The van der Waals surface area contributed by atoms with E-state index in [1.54, 1.807) is 0 Å². The highest BCUT2D eigenvalue weighted by atomic mass is 31.2. The molecule has 32 heavy (non-hydrogen) atoms. The summed E-state index contributed by atoms with van der Waals surface area (Å²) in [5.41, 5.74) is 2.35. The monoisotopic (exact) mass is 458 g/mol. The summed E-state index contributed by atoms with van der Waals surface area (Å²) in [5.74, 6) is 0.622. The van der Waals surface area contributed by atoms with E-state index >= 15 is 0 Å². The van der Waals surface area contributed by atoms with Crippen molar-refractivity contribution >= 4 is 7.60 Å². The average Bonchev–Trinajstić information content (AvgIpc) is 2.80. The van der Waals surface area contributed by atoms with Crippen LogP contribution in [0.5, 0.6) is 5.75 Å². The summed E-state index contributed by atoms with van der Waals surface area (Å²) in [4.78, 5) is 0. The maximum Gasteiger partial charge on any atom is 0.379 e. The largest absolute Gasteiger partial charge is 0.424 e. The van der Waals surface area contributed by atoms with Crippen molar-refractivity contribution in [2.24, 2.45) is 0 Å². The molecule has 0 N–H and O–H groups in total. The highest BCUT2D eigenvalue weighted by Gasteiger charge is 2.27. The molecule has 178 valence electrons. The minimum Gasteiger partial charge on any atom is -0.424 e. The molecule has 2 aromatic rings. The third-order valence-corrected chi connectivity index (χ3v) is 8.07. The van der Waals surface area contributed by atoms with Gasteiger partial charge < -0.3 is 4.52 Å². The Hall–Kier alpha value is -1.57. The Morgan fingerprint density at radius 1 is 0.719 bits per heavy atom. The van der Waals surface area contributed by atoms with Crippen molar-refractivity contribution in [1.29, 1.82) is 0 Å². The van der Waals surface area contributed by atoms with Gasteiger partial charge in [0.1, 0.15) is 5.75 Å². The van der Waals surface area contributed by atoms with E-state index in [2.05, 4.69) is 64.1 Å². The summed E-state index contributed by atoms with van der Waals surface area (Å²) >= 11 is 0. The van der Waals surface area contributed by atoms with Crippen LogP contribution in [-0.4, -0.2) is 12.8 Å². The van der Waals surface area contributed by atoms with Gasteiger partial charge in [0.25, 0.3) is 0 Å². The van der Waals surface area contributed by atoms with Crippen LogP contribution in [0.1, 0.15) is 96.6 Å². The molecule has 0 radical (unpaired) electrons. The molecule has 2 aromatic carbocycles. The van der Waals surface area contributed by atoms with Crippen LogP contribution in [0.4, 0.5) is 0 Å². The molecule has 1 atom stereocenters. The first kappa shape index (κ1) is 26.7. The fraction of sp³-hybridized carbons (Fsp3) is 0.571. The molecule has 0 aromatic heterocycles. The molecule has 0 amide bonds.